The Morgan fingerprint density at radius 1 is 0.794 bits per heavy atom. The zero-order valence-corrected chi connectivity index (χ0v) is 18.0. The number of nitrogens with two attached hydrogens (primary N) is 1. The number of aromatic amines is 2. The van der Waals surface area contributed by atoms with Gasteiger partial charge in [-0.05, 0) is 70.8 Å². The predicted octanol–water partition coefficient (Wildman–Crippen LogP) is 5.85. The van der Waals surface area contributed by atoms with E-state index < -0.39 is 5.91 Å². The van der Waals surface area contributed by atoms with Crippen molar-refractivity contribution in [2.45, 2.75) is 0 Å². The topological polar surface area (TPSA) is 108 Å². The van der Waals surface area contributed by atoms with Crippen LogP contribution in [-0.4, -0.2) is 26.0 Å². The van der Waals surface area contributed by atoms with Crippen molar-refractivity contribution in [2.24, 2.45) is 5.73 Å². The summed E-state index contributed by atoms with van der Waals surface area (Å²) in [4.78, 5) is 23.6. The number of rotatable bonds is 4. The number of H-pyrrole nitrogens is 2. The maximum absolute atomic E-state index is 12.0. The van der Waals surface area contributed by atoms with Gasteiger partial charge >= 0.3 is 0 Å². The predicted molar refractivity (Wildman–Crippen MR) is 134 cm³/mol. The monoisotopic (exact) mass is 444 g/mol. The van der Waals surface area contributed by atoms with Gasteiger partial charge in [0, 0.05) is 28.2 Å². The molecular weight excluding hydrogens is 424 g/mol. The summed E-state index contributed by atoms with van der Waals surface area (Å²) < 4.78 is 0. The Labute approximate surface area is 194 Å². The largest absolute Gasteiger partial charge is 0.508 e. The fourth-order valence-corrected chi connectivity index (χ4v) is 4.44. The first-order valence-corrected chi connectivity index (χ1v) is 10.9. The number of fused-ring (bicyclic) bond motifs is 2. The third-order valence-electron chi connectivity index (χ3n) is 6.11. The average Bonchev–Trinajstić information content (AvgIpc) is 3.50. The van der Waals surface area contributed by atoms with Gasteiger partial charge in [0.2, 0.25) is 5.91 Å². The molecule has 6 rings (SSSR count). The third kappa shape index (κ3) is 3.29. The zero-order valence-electron chi connectivity index (χ0n) is 18.0. The second-order valence-electron chi connectivity index (χ2n) is 8.24. The second kappa shape index (κ2) is 7.64. The van der Waals surface area contributed by atoms with Crippen molar-refractivity contribution < 1.29 is 9.90 Å². The van der Waals surface area contributed by atoms with Crippen LogP contribution in [0, 0.1) is 0 Å². The number of carbonyl (C=O) groups excluding carboxylic acids is 1. The number of amides is 1. The van der Waals surface area contributed by atoms with Gasteiger partial charge in [-0.3, -0.25) is 4.79 Å². The smallest absolute Gasteiger partial charge is 0.249 e. The molecule has 164 valence electrons. The van der Waals surface area contributed by atoms with Crippen LogP contribution in [0.2, 0.25) is 0 Å². The molecular formula is C28H20N4O2. The maximum Gasteiger partial charge on any atom is 0.249 e. The van der Waals surface area contributed by atoms with Gasteiger partial charge in [-0.1, -0.05) is 36.4 Å². The first-order chi connectivity index (χ1) is 16.6. The molecule has 34 heavy (non-hydrogen) atoms. The lowest BCUT2D eigenvalue weighted by Gasteiger charge is -2.10. The number of phenolic OH excluding ortho intramolecular Hbond substituents is 1. The van der Waals surface area contributed by atoms with Gasteiger partial charge in [0.15, 0.2) is 0 Å². The van der Waals surface area contributed by atoms with E-state index in [1.54, 1.807) is 18.2 Å². The molecule has 0 aliphatic heterocycles. The Bertz CT molecular complexity index is 1690. The Morgan fingerprint density at radius 3 is 2.38 bits per heavy atom. The van der Waals surface area contributed by atoms with Crippen molar-refractivity contribution in [1.82, 2.24) is 15.0 Å². The van der Waals surface area contributed by atoms with Crippen LogP contribution in [0.4, 0.5) is 0 Å². The van der Waals surface area contributed by atoms with Crippen LogP contribution in [0.25, 0.3) is 55.6 Å². The number of nitrogens with zero attached hydrogens (tertiary/aromatic N) is 1. The number of carbonyl (C=O) groups is 1. The molecule has 5 N–H and O–H groups in total. The number of hydrogen-bond donors (Lipinski definition) is 4. The Hall–Kier alpha value is -4.84. The van der Waals surface area contributed by atoms with Crippen LogP contribution in [0.1, 0.15) is 10.4 Å². The Morgan fingerprint density at radius 2 is 1.56 bits per heavy atom. The van der Waals surface area contributed by atoms with Gasteiger partial charge in [0.25, 0.3) is 0 Å². The summed E-state index contributed by atoms with van der Waals surface area (Å²) in [6.07, 6.45) is 1.89. The number of benzene rings is 4. The van der Waals surface area contributed by atoms with Crippen molar-refractivity contribution in [2.75, 3.05) is 0 Å². The fraction of sp³-hybridized carbons (Fsp3) is 0. The van der Waals surface area contributed by atoms with Crippen LogP contribution in [0.15, 0.2) is 91.1 Å². The van der Waals surface area contributed by atoms with Gasteiger partial charge in [-0.15, -0.1) is 0 Å². The molecule has 0 saturated heterocycles. The lowest BCUT2D eigenvalue weighted by Crippen LogP contribution is -2.12. The number of hydrogen-bond acceptors (Lipinski definition) is 3. The van der Waals surface area contributed by atoms with E-state index in [-0.39, 0.29) is 5.75 Å². The molecule has 6 heteroatoms. The van der Waals surface area contributed by atoms with Crippen LogP contribution in [0.3, 0.4) is 0 Å². The van der Waals surface area contributed by atoms with Crippen LogP contribution >= 0.6 is 0 Å². The van der Waals surface area contributed by atoms with Gasteiger partial charge < -0.3 is 20.8 Å². The van der Waals surface area contributed by atoms with Crippen molar-refractivity contribution in [3.8, 4) is 39.4 Å². The lowest BCUT2D eigenvalue weighted by molar-refractivity contribution is 0.100. The summed E-state index contributed by atoms with van der Waals surface area (Å²) in [7, 11) is 0. The molecule has 0 spiro atoms. The first-order valence-electron chi connectivity index (χ1n) is 10.9. The van der Waals surface area contributed by atoms with Gasteiger partial charge in [0.05, 0.1) is 11.0 Å². The van der Waals surface area contributed by atoms with E-state index in [0.717, 1.165) is 55.6 Å². The Kier molecular flexibility index (Phi) is 4.45. The molecule has 0 bridgehead atoms. The summed E-state index contributed by atoms with van der Waals surface area (Å²) >= 11 is 0. The quantitative estimate of drug-likeness (QED) is 0.274. The molecule has 2 heterocycles. The van der Waals surface area contributed by atoms with Crippen molar-refractivity contribution in [3.63, 3.8) is 0 Å². The molecule has 0 atom stereocenters. The van der Waals surface area contributed by atoms with E-state index in [0.29, 0.717) is 5.56 Å². The summed E-state index contributed by atoms with van der Waals surface area (Å²) in [6, 6.07) is 26.6. The molecule has 4 aromatic carbocycles. The van der Waals surface area contributed by atoms with Crippen LogP contribution in [-0.2, 0) is 0 Å². The summed E-state index contributed by atoms with van der Waals surface area (Å²) in [5.74, 6) is 0.511. The SMILES string of the molecule is NC(=O)c1ccccc1-c1cc(-c2nc3ccc(-c4ccc(O)cc4)cc3[nH]2)c2cc[nH]c2c1. The number of phenols is 1. The fourth-order valence-electron chi connectivity index (χ4n) is 4.44. The third-order valence-corrected chi connectivity index (χ3v) is 6.11. The molecule has 1 amide bonds. The van der Waals surface area contributed by atoms with E-state index >= 15 is 0 Å². The van der Waals surface area contributed by atoms with Gasteiger partial charge in [-0.25, -0.2) is 4.98 Å². The van der Waals surface area contributed by atoms with Gasteiger partial charge in [0.1, 0.15) is 11.6 Å². The van der Waals surface area contributed by atoms with E-state index in [1.165, 1.54) is 0 Å². The minimum Gasteiger partial charge on any atom is -0.508 e. The average molecular weight is 444 g/mol. The first kappa shape index (κ1) is 19.8. The zero-order chi connectivity index (χ0) is 23.2. The minimum absolute atomic E-state index is 0.238. The molecule has 0 aliphatic carbocycles. The summed E-state index contributed by atoms with van der Waals surface area (Å²) in [6.45, 7) is 0. The molecule has 0 radical (unpaired) electrons. The molecule has 0 saturated carbocycles. The van der Waals surface area contributed by atoms with Crippen molar-refractivity contribution >= 4 is 27.8 Å². The van der Waals surface area contributed by atoms with E-state index in [2.05, 4.69) is 16.0 Å². The molecule has 6 aromatic rings. The molecule has 2 aromatic heterocycles. The highest BCUT2D eigenvalue weighted by Crippen LogP contribution is 2.35. The minimum atomic E-state index is -0.464. The number of imidazole rings is 1. The number of aromatic nitrogens is 3. The number of primary amides is 1. The van der Waals surface area contributed by atoms with E-state index in [9.17, 15) is 9.90 Å². The highest BCUT2D eigenvalue weighted by atomic mass is 16.3. The lowest BCUT2D eigenvalue weighted by atomic mass is 9.96. The highest BCUT2D eigenvalue weighted by molar-refractivity contribution is 6.03. The van der Waals surface area contributed by atoms with E-state index in [4.69, 9.17) is 10.7 Å². The number of nitrogens with one attached hydrogen (secondary N) is 2. The van der Waals surface area contributed by atoms with Crippen molar-refractivity contribution in [1.29, 1.82) is 0 Å². The Balaban J connectivity index is 1.51. The maximum atomic E-state index is 12.0. The normalized spacial score (nSPS) is 11.3. The molecule has 0 fully saturated rings. The van der Waals surface area contributed by atoms with Gasteiger partial charge in [-0.2, -0.15) is 0 Å². The molecule has 6 nitrogen and oxygen atoms in total. The highest BCUT2D eigenvalue weighted by Gasteiger charge is 2.16. The molecule has 0 aliphatic rings. The number of aromatic hydroxyl groups is 1. The van der Waals surface area contributed by atoms with Crippen molar-refractivity contribution in [3.05, 3.63) is 96.7 Å². The second-order valence-corrected chi connectivity index (χ2v) is 8.24. The summed E-state index contributed by atoms with van der Waals surface area (Å²) in [5, 5.41) is 10.6. The van der Waals surface area contributed by atoms with Crippen LogP contribution in [0.5, 0.6) is 5.75 Å². The van der Waals surface area contributed by atoms with Crippen LogP contribution < -0.4 is 5.73 Å². The standard InChI is InChI=1S/C28H20N4O2/c29-27(34)22-4-2-1-3-20(22)18-13-23(21-11-12-30-25(21)15-18)28-31-24-10-7-17(14-26(24)32-28)16-5-8-19(33)9-6-16/h1-15,30,33H,(H2,29,34)(H,31,32). The van der Waals surface area contributed by atoms with E-state index in [1.807, 2.05) is 66.9 Å². The summed E-state index contributed by atoms with van der Waals surface area (Å²) in [5.41, 5.74) is 13.4. The molecule has 0 unspecified atom stereocenters.